The average molecular weight is 299 g/mol. The van der Waals surface area contributed by atoms with E-state index in [4.69, 9.17) is 0 Å². The van der Waals surface area contributed by atoms with Crippen molar-refractivity contribution in [3.63, 3.8) is 0 Å². The van der Waals surface area contributed by atoms with Gasteiger partial charge in [-0.3, -0.25) is 4.40 Å². The number of urea groups is 1. The van der Waals surface area contributed by atoms with E-state index in [-0.39, 0.29) is 6.54 Å². The topological polar surface area (TPSA) is 71.3 Å². The number of aromatic nitrogens is 3. The molecule has 0 atom stereocenters. The number of rotatable bonds is 3. The van der Waals surface area contributed by atoms with E-state index in [1.165, 1.54) is 18.2 Å². The molecule has 0 aliphatic heterocycles. The van der Waals surface area contributed by atoms with Gasteiger partial charge in [-0.2, -0.15) is 0 Å². The Morgan fingerprint density at radius 3 is 3.00 bits per heavy atom. The van der Waals surface area contributed by atoms with Crippen LogP contribution in [0, 0.1) is 12.7 Å². The van der Waals surface area contributed by atoms with Crippen molar-refractivity contribution in [1.29, 1.82) is 0 Å². The lowest BCUT2D eigenvalue weighted by Gasteiger charge is -2.06. The van der Waals surface area contributed by atoms with Gasteiger partial charge in [-0.25, -0.2) is 19.2 Å². The summed E-state index contributed by atoms with van der Waals surface area (Å²) in [7, 11) is 0. The van der Waals surface area contributed by atoms with Crippen molar-refractivity contribution in [2.24, 2.45) is 0 Å². The number of benzene rings is 1. The predicted molar refractivity (Wildman–Crippen MR) is 80.0 cm³/mol. The van der Waals surface area contributed by atoms with Crippen LogP contribution in [0.5, 0.6) is 0 Å². The number of carbonyl (C=O) groups is 1. The summed E-state index contributed by atoms with van der Waals surface area (Å²) in [4.78, 5) is 20.4. The fourth-order valence-electron chi connectivity index (χ4n) is 2.01. The minimum atomic E-state index is -0.424. The third-order valence-electron chi connectivity index (χ3n) is 3.03. The van der Waals surface area contributed by atoms with E-state index in [1.54, 1.807) is 16.7 Å². The van der Waals surface area contributed by atoms with E-state index in [9.17, 15) is 9.18 Å². The van der Waals surface area contributed by atoms with Crippen LogP contribution in [0.25, 0.3) is 5.78 Å². The van der Waals surface area contributed by atoms with Gasteiger partial charge < -0.3 is 10.6 Å². The normalized spacial score (nSPS) is 10.6. The molecular weight excluding hydrogens is 285 g/mol. The number of hydrogen-bond acceptors (Lipinski definition) is 3. The van der Waals surface area contributed by atoms with Gasteiger partial charge in [-0.15, -0.1) is 0 Å². The molecule has 2 N–H and O–H groups in total. The van der Waals surface area contributed by atoms with Crippen molar-refractivity contribution in [3.05, 3.63) is 59.9 Å². The van der Waals surface area contributed by atoms with Crippen LogP contribution < -0.4 is 10.6 Å². The first-order valence-corrected chi connectivity index (χ1v) is 6.72. The molecule has 0 radical (unpaired) electrons. The van der Waals surface area contributed by atoms with Crippen molar-refractivity contribution in [2.75, 3.05) is 5.32 Å². The molecule has 0 unspecified atom stereocenters. The monoisotopic (exact) mass is 299 g/mol. The average Bonchev–Trinajstić information content (AvgIpc) is 2.87. The molecule has 1 aromatic carbocycles. The second kappa shape index (κ2) is 5.80. The molecule has 0 saturated carbocycles. The summed E-state index contributed by atoms with van der Waals surface area (Å²) in [6, 6.07) is 7.15. The molecule has 0 aliphatic rings. The van der Waals surface area contributed by atoms with E-state index in [0.717, 1.165) is 5.69 Å². The molecule has 3 rings (SSSR count). The maximum Gasteiger partial charge on any atom is 0.319 e. The number of aryl methyl sites for hydroxylation is 1. The molecule has 6 nitrogen and oxygen atoms in total. The first-order valence-electron chi connectivity index (χ1n) is 6.72. The standard InChI is InChI=1S/C15H14FN5O/c1-10-5-6-21-9-13(19-14(21)18-10)8-17-15(22)20-12-4-2-3-11(16)7-12/h2-7,9H,8H2,1H3,(H2,17,20,22). The highest BCUT2D eigenvalue weighted by Crippen LogP contribution is 2.09. The fourth-order valence-corrected chi connectivity index (χ4v) is 2.01. The van der Waals surface area contributed by atoms with E-state index in [0.29, 0.717) is 17.2 Å². The van der Waals surface area contributed by atoms with Crippen molar-refractivity contribution in [1.82, 2.24) is 19.7 Å². The first-order chi connectivity index (χ1) is 10.6. The number of halogens is 1. The predicted octanol–water partition coefficient (Wildman–Crippen LogP) is 2.50. The molecule has 0 bridgehead atoms. The third-order valence-corrected chi connectivity index (χ3v) is 3.03. The molecular formula is C15H14FN5O. The largest absolute Gasteiger partial charge is 0.332 e. The second-order valence-corrected chi connectivity index (χ2v) is 4.83. The van der Waals surface area contributed by atoms with E-state index >= 15 is 0 Å². The van der Waals surface area contributed by atoms with Gasteiger partial charge in [0.25, 0.3) is 0 Å². The number of amides is 2. The van der Waals surface area contributed by atoms with Crippen molar-refractivity contribution in [3.8, 4) is 0 Å². The minimum Gasteiger partial charge on any atom is -0.332 e. The molecule has 0 saturated heterocycles. The van der Waals surface area contributed by atoms with Crippen molar-refractivity contribution >= 4 is 17.5 Å². The SMILES string of the molecule is Cc1ccn2cc(CNC(=O)Nc3cccc(F)c3)nc2n1. The third kappa shape index (κ3) is 3.20. The van der Waals surface area contributed by atoms with Gasteiger partial charge in [0.2, 0.25) is 5.78 Å². The number of anilines is 1. The number of nitrogens with one attached hydrogen (secondary N) is 2. The van der Waals surface area contributed by atoms with Crippen molar-refractivity contribution in [2.45, 2.75) is 13.5 Å². The Morgan fingerprint density at radius 2 is 2.18 bits per heavy atom. The summed E-state index contributed by atoms with van der Waals surface area (Å²) in [6.07, 6.45) is 3.66. The number of hydrogen-bond donors (Lipinski definition) is 2. The van der Waals surface area contributed by atoms with Crippen LogP contribution in [0.15, 0.2) is 42.7 Å². The van der Waals surface area contributed by atoms with Gasteiger partial charge in [-0.05, 0) is 31.2 Å². The number of imidazole rings is 1. The van der Waals surface area contributed by atoms with Gasteiger partial charge in [0.05, 0.1) is 12.2 Å². The molecule has 22 heavy (non-hydrogen) atoms. The quantitative estimate of drug-likeness (QED) is 0.780. The first kappa shape index (κ1) is 14.0. The summed E-state index contributed by atoms with van der Waals surface area (Å²) in [6.45, 7) is 2.14. The van der Waals surface area contributed by atoms with Gasteiger partial charge in [0.15, 0.2) is 0 Å². The molecule has 2 heterocycles. The second-order valence-electron chi connectivity index (χ2n) is 4.83. The van der Waals surface area contributed by atoms with Gasteiger partial charge in [0, 0.05) is 23.8 Å². The summed E-state index contributed by atoms with van der Waals surface area (Å²) >= 11 is 0. The zero-order valence-corrected chi connectivity index (χ0v) is 11.9. The lowest BCUT2D eigenvalue weighted by atomic mass is 10.3. The van der Waals surface area contributed by atoms with Crippen LogP contribution in [0.2, 0.25) is 0 Å². The maximum absolute atomic E-state index is 13.0. The van der Waals surface area contributed by atoms with Crippen LogP contribution in [0.4, 0.5) is 14.9 Å². The molecule has 2 amide bonds. The maximum atomic E-state index is 13.0. The minimum absolute atomic E-state index is 0.254. The van der Waals surface area contributed by atoms with Crippen LogP contribution in [-0.4, -0.2) is 20.4 Å². The van der Waals surface area contributed by atoms with Crippen LogP contribution >= 0.6 is 0 Å². The Balaban J connectivity index is 1.62. The summed E-state index contributed by atoms with van der Waals surface area (Å²) in [5.41, 5.74) is 1.96. The summed E-state index contributed by atoms with van der Waals surface area (Å²) in [5.74, 6) is 0.182. The Bertz CT molecular complexity index is 830. The molecule has 2 aromatic heterocycles. The molecule has 112 valence electrons. The van der Waals surface area contributed by atoms with Gasteiger partial charge in [-0.1, -0.05) is 6.07 Å². The van der Waals surface area contributed by atoms with Crippen LogP contribution in [0.1, 0.15) is 11.4 Å². The number of nitrogens with zero attached hydrogens (tertiary/aromatic N) is 3. The Labute approximate surface area is 126 Å². The Morgan fingerprint density at radius 1 is 1.32 bits per heavy atom. The van der Waals surface area contributed by atoms with E-state index < -0.39 is 11.8 Å². The highest BCUT2D eigenvalue weighted by atomic mass is 19.1. The van der Waals surface area contributed by atoms with Gasteiger partial charge >= 0.3 is 6.03 Å². The zero-order valence-electron chi connectivity index (χ0n) is 11.9. The zero-order chi connectivity index (χ0) is 15.5. The highest BCUT2D eigenvalue weighted by Gasteiger charge is 2.06. The fraction of sp³-hybridized carbons (Fsp3) is 0.133. The lowest BCUT2D eigenvalue weighted by molar-refractivity contribution is 0.251. The Kier molecular flexibility index (Phi) is 3.69. The van der Waals surface area contributed by atoms with E-state index in [2.05, 4.69) is 20.6 Å². The molecule has 0 aliphatic carbocycles. The molecule has 3 aromatic rings. The summed E-state index contributed by atoms with van der Waals surface area (Å²) in [5, 5.41) is 5.22. The smallest absolute Gasteiger partial charge is 0.319 e. The number of carbonyl (C=O) groups excluding carboxylic acids is 1. The van der Waals surface area contributed by atoms with Crippen molar-refractivity contribution < 1.29 is 9.18 Å². The molecule has 7 heteroatoms. The van der Waals surface area contributed by atoms with Gasteiger partial charge in [0.1, 0.15) is 5.82 Å². The van der Waals surface area contributed by atoms with E-state index in [1.807, 2.05) is 19.2 Å². The lowest BCUT2D eigenvalue weighted by Crippen LogP contribution is -2.28. The molecule has 0 fully saturated rings. The summed E-state index contributed by atoms with van der Waals surface area (Å²) < 4.78 is 14.8. The Hall–Kier alpha value is -2.96. The van der Waals surface area contributed by atoms with Crippen LogP contribution in [0.3, 0.4) is 0 Å². The van der Waals surface area contributed by atoms with Crippen LogP contribution in [-0.2, 0) is 6.54 Å². The number of fused-ring (bicyclic) bond motifs is 1. The molecule has 0 spiro atoms. The highest BCUT2D eigenvalue weighted by molar-refractivity contribution is 5.89.